The molecule has 2 nitrogen and oxygen atoms in total. The third-order valence-electron chi connectivity index (χ3n) is 2.35. The Labute approximate surface area is 102 Å². The van der Waals surface area contributed by atoms with E-state index in [2.05, 4.69) is 17.6 Å². The van der Waals surface area contributed by atoms with Crippen molar-refractivity contribution in [2.45, 2.75) is 19.3 Å². The third kappa shape index (κ3) is 5.09. The molecule has 0 saturated carbocycles. The summed E-state index contributed by atoms with van der Waals surface area (Å²) < 4.78 is 0. The molecule has 0 fully saturated rings. The average molecular weight is 234 g/mol. The van der Waals surface area contributed by atoms with E-state index in [1.807, 2.05) is 36.0 Å². The molecule has 0 amide bonds. The lowest BCUT2D eigenvalue weighted by Crippen LogP contribution is -2.01. The highest BCUT2D eigenvalue weighted by Crippen LogP contribution is 2.10. The number of nitrogens with zero attached hydrogens (tertiary/aromatic N) is 1. The first-order valence-corrected chi connectivity index (χ1v) is 6.99. The van der Waals surface area contributed by atoms with Gasteiger partial charge in [-0.1, -0.05) is 12.5 Å². The Hall–Kier alpha value is -1.14. The predicted molar refractivity (Wildman–Crippen MR) is 71.9 cm³/mol. The minimum atomic E-state index is 0.715. The molecule has 0 bridgehead atoms. The Morgan fingerprint density at radius 3 is 2.94 bits per heavy atom. The fraction of sp³-hybridized carbons (Fsp3) is 0.462. The van der Waals surface area contributed by atoms with Gasteiger partial charge in [-0.25, -0.2) is 0 Å². The van der Waals surface area contributed by atoms with Gasteiger partial charge in [0.05, 0.1) is 11.6 Å². The maximum atomic E-state index is 8.75. The zero-order valence-corrected chi connectivity index (χ0v) is 10.5. The van der Waals surface area contributed by atoms with Gasteiger partial charge in [0.1, 0.15) is 0 Å². The average Bonchev–Trinajstić information content (AvgIpc) is 2.34. The summed E-state index contributed by atoms with van der Waals surface area (Å²) in [5, 5.41) is 12.1. The molecule has 0 aliphatic carbocycles. The lowest BCUT2D eigenvalue weighted by atomic mass is 10.2. The lowest BCUT2D eigenvalue weighted by molar-refractivity contribution is 0.750. The van der Waals surface area contributed by atoms with Crippen LogP contribution in [0.3, 0.4) is 0 Å². The lowest BCUT2D eigenvalue weighted by Gasteiger charge is -2.06. The second-order valence-corrected chi connectivity index (χ2v) is 4.66. The van der Waals surface area contributed by atoms with Crippen LogP contribution < -0.4 is 5.32 Å². The number of anilines is 1. The number of hydrogen-bond acceptors (Lipinski definition) is 3. The van der Waals surface area contributed by atoms with Crippen LogP contribution in [0.2, 0.25) is 0 Å². The number of nitriles is 1. The Bertz CT molecular complexity index is 344. The minimum absolute atomic E-state index is 0.715. The van der Waals surface area contributed by atoms with Crippen molar-refractivity contribution in [3.8, 4) is 6.07 Å². The van der Waals surface area contributed by atoms with Gasteiger partial charge in [0.25, 0.3) is 0 Å². The zero-order valence-electron chi connectivity index (χ0n) is 9.70. The summed E-state index contributed by atoms with van der Waals surface area (Å²) in [4.78, 5) is 0. The Morgan fingerprint density at radius 1 is 1.31 bits per heavy atom. The highest BCUT2D eigenvalue weighted by atomic mass is 32.2. The Balaban J connectivity index is 2.19. The van der Waals surface area contributed by atoms with Crippen molar-refractivity contribution in [2.75, 3.05) is 23.9 Å². The summed E-state index contributed by atoms with van der Waals surface area (Å²) in [6, 6.07) is 9.77. The van der Waals surface area contributed by atoms with Gasteiger partial charge in [-0.2, -0.15) is 17.0 Å². The fourth-order valence-corrected chi connectivity index (χ4v) is 1.97. The monoisotopic (exact) mass is 234 g/mol. The summed E-state index contributed by atoms with van der Waals surface area (Å²) in [7, 11) is 0. The van der Waals surface area contributed by atoms with Crippen molar-refractivity contribution in [1.29, 1.82) is 5.26 Å². The molecular weight excluding hydrogens is 216 g/mol. The van der Waals surface area contributed by atoms with E-state index in [0.29, 0.717) is 5.56 Å². The van der Waals surface area contributed by atoms with E-state index in [9.17, 15) is 0 Å². The molecule has 0 radical (unpaired) electrons. The molecule has 1 N–H and O–H groups in total. The van der Waals surface area contributed by atoms with Gasteiger partial charge in [-0.15, -0.1) is 0 Å². The zero-order chi connectivity index (χ0) is 11.6. The molecular formula is C13H18N2S. The van der Waals surface area contributed by atoms with Crippen molar-refractivity contribution >= 4 is 17.4 Å². The number of thioether (sulfide) groups is 1. The van der Waals surface area contributed by atoms with Gasteiger partial charge in [0.15, 0.2) is 0 Å². The van der Waals surface area contributed by atoms with Crippen LogP contribution in [0.5, 0.6) is 0 Å². The molecule has 0 aliphatic rings. The van der Waals surface area contributed by atoms with E-state index in [4.69, 9.17) is 5.26 Å². The maximum Gasteiger partial charge on any atom is 0.0992 e. The van der Waals surface area contributed by atoms with E-state index in [0.717, 1.165) is 12.2 Å². The topological polar surface area (TPSA) is 35.8 Å². The molecule has 1 aromatic rings. The standard InChI is InChI=1S/C13H18N2S/c1-16-9-4-2-3-8-15-13-7-5-6-12(10-13)11-14/h5-7,10,15H,2-4,8-9H2,1H3. The van der Waals surface area contributed by atoms with Crippen LogP contribution in [0.25, 0.3) is 0 Å². The third-order valence-corrected chi connectivity index (χ3v) is 3.04. The molecule has 0 heterocycles. The van der Waals surface area contributed by atoms with Crippen LogP contribution in [0, 0.1) is 11.3 Å². The van der Waals surface area contributed by atoms with Gasteiger partial charge in [-0.3, -0.25) is 0 Å². The largest absolute Gasteiger partial charge is 0.385 e. The van der Waals surface area contributed by atoms with E-state index < -0.39 is 0 Å². The van der Waals surface area contributed by atoms with Gasteiger partial charge in [-0.05, 0) is 43.0 Å². The summed E-state index contributed by atoms with van der Waals surface area (Å²) in [6.45, 7) is 0.989. The molecule has 0 aliphatic heterocycles. The molecule has 3 heteroatoms. The van der Waals surface area contributed by atoms with Gasteiger partial charge in [0, 0.05) is 12.2 Å². The van der Waals surface area contributed by atoms with Crippen molar-refractivity contribution in [1.82, 2.24) is 0 Å². The van der Waals surface area contributed by atoms with Crippen molar-refractivity contribution in [3.05, 3.63) is 29.8 Å². The molecule has 0 atom stereocenters. The van der Waals surface area contributed by atoms with Crippen LogP contribution in [0.1, 0.15) is 24.8 Å². The van der Waals surface area contributed by atoms with E-state index >= 15 is 0 Å². The first kappa shape index (κ1) is 12.9. The molecule has 0 saturated heterocycles. The molecule has 1 aromatic carbocycles. The molecule has 0 spiro atoms. The summed E-state index contributed by atoms with van der Waals surface area (Å²) in [5.74, 6) is 1.25. The first-order valence-electron chi connectivity index (χ1n) is 5.60. The number of rotatable bonds is 7. The number of nitrogens with one attached hydrogen (secondary N) is 1. The molecule has 16 heavy (non-hydrogen) atoms. The summed E-state index contributed by atoms with van der Waals surface area (Å²) >= 11 is 1.90. The normalized spacial score (nSPS) is 9.75. The van der Waals surface area contributed by atoms with Gasteiger partial charge < -0.3 is 5.32 Å². The fourth-order valence-electron chi connectivity index (χ4n) is 1.48. The van der Waals surface area contributed by atoms with Crippen LogP contribution in [-0.4, -0.2) is 18.6 Å². The molecule has 86 valence electrons. The van der Waals surface area contributed by atoms with Crippen LogP contribution in [0.15, 0.2) is 24.3 Å². The molecule has 0 unspecified atom stereocenters. The first-order chi connectivity index (χ1) is 7.86. The van der Waals surface area contributed by atoms with Crippen LogP contribution in [0.4, 0.5) is 5.69 Å². The number of unbranched alkanes of at least 4 members (excludes halogenated alkanes) is 2. The summed E-state index contributed by atoms with van der Waals surface area (Å²) in [5.41, 5.74) is 1.76. The predicted octanol–water partition coefficient (Wildman–Crippen LogP) is 3.50. The molecule has 1 rings (SSSR count). The van der Waals surface area contributed by atoms with Gasteiger partial charge >= 0.3 is 0 Å². The van der Waals surface area contributed by atoms with E-state index in [-0.39, 0.29) is 0 Å². The number of benzene rings is 1. The van der Waals surface area contributed by atoms with Crippen molar-refractivity contribution < 1.29 is 0 Å². The number of hydrogen-bond donors (Lipinski definition) is 1. The molecule has 0 aromatic heterocycles. The van der Waals surface area contributed by atoms with Crippen molar-refractivity contribution in [3.63, 3.8) is 0 Å². The maximum absolute atomic E-state index is 8.75. The minimum Gasteiger partial charge on any atom is -0.385 e. The van der Waals surface area contributed by atoms with Crippen LogP contribution in [-0.2, 0) is 0 Å². The second-order valence-electron chi connectivity index (χ2n) is 3.67. The smallest absolute Gasteiger partial charge is 0.0992 e. The highest BCUT2D eigenvalue weighted by Gasteiger charge is 1.94. The second kappa shape index (κ2) is 8.06. The summed E-state index contributed by atoms with van der Waals surface area (Å²) in [6.07, 6.45) is 5.90. The quantitative estimate of drug-likeness (QED) is 0.733. The van der Waals surface area contributed by atoms with E-state index in [1.54, 1.807) is 0 Å². The van der Waals surface area contributed by atoms with E-state index in [1.165, 1.54) is 25.0 Å². The Morgan fingerprint density at radius 2 is 2.19 bits per heavy atom. The van der Waals surface area contributed by atoms with Crippen LogP contribution >= 0.6 is 11.8 Å². The Kier molecular flexibility index (Phi) is 6.52. The highest BCUT2D eigenvalue weighted by molar-refractivity contribution is 7.98. The SMILES string of the molecule is CSCCCCCNc1cccc(C#N)c1. The van der Waals surface area contributed by atoms with Gasteiger partial charge in [0.2, 0.25) is 0 Å². The van der Waals surface area contributed by atoms with Crippen molar-refractivity contribution in [2.24, 2.45) is 0 Å².